The van der Waals surface area contributed by atoms with Gasteiger partial charge in [-0.2, -0.15) is 0 Å². The number of nitrogens with one attached hydrogen (secondary N) is 2. The van der Waals surface area contributed by atoms with E-state index in [1.165, 1.54) is 0 Å². The molecule has 1 heterocycles. The molecule has 3 aromatic carbocycles. The first kappa shape index (κ1) is 20.1. The van der Waals surface area contributed by atoms with E-state index in [1.807, 2.05) is 30.3 Å². The SMILES string of the molecule is NC(=O)c1cc(-c2ccc(Cl)c(Cl)c2)cc2c1Cc1ccc(C(=O)NC3CNC3)cc1-2. The predicted molar refractivity (Wildman–Crippen MR) is 123 cm³/mol. The van der Waals surface area contributed by atoms with Crippen molar-refractivity contribution in [3.63, 3.8) is 0 Å². The van der Waals surface area contributed by atoms with Crippen LogP contribution in [0.5, 0.6) is 0 Å². The molecule has 0 bridgehead atoms. The standard InChI is InChI=1S/C24H19Cl2N3O2/c25-21-4-3-12(9-22(21)26)15-7-18-17-6-14(24(31)29-16-10-28-11-16)2-1-13(17)5-19(18)20(8-15)23(27)30/h1-4,6-9,16,28H,5,10-11H2,(H2,27,30)(H,29,31). The molecule has 1 aliphatic heterocycles. The third-order valence-corrected chi connectivity index (χ3v) is 6.65. The molecule has 1 saturated heterocycles. The fourth-order valence-corrected chi connectivity index (χ4v) is 4.44. The lowest BCUT2D eigenvalue weighted by Gasteiger charge is -2.28. The van der Waals surface area contributed by atoms with Crippen LogP contribution in [0, 0.1) is 0 Å². The summed E-state index contributed by atoms with van der Waals surface area (Å²) >= 11 is 12.3. The number of hydrogen-bond acceptors (Lipinski definition) is 3. The van der Waals surface area contributed by atoms with E-state index in [9.17, 15) is 9.59 Å². The Kier molecular flexibility index (Phi) is 4.97. The molecule has 5 nitrogen and oxygen atoms in total. The largest absolute Gasteiger partial charge is 0.366 e. The van der Waals surface area contributed by atoms with Crippen LogP contribution in [0.25, 0.3) is 22.3 Å². The van der Waals surface area contributed by atoms with Crippen LogP contribution in [-0.2, 0) is 6.42 Å². The highest BCUT2D eigenvalue weighted by Crippen LogP contribution is 2.42. The summed E-state index contributed by atoms with van der Waals surface area (Å²) in [5.74, 6) is -0.583. The lowest BCUT2D eigenvalue weighted by molar-refractivity contribution is 0.0923. The fraction of sp³-hybridized carbons (Fsp3) is 0.167. The summed E-state index contributed by atoms with van der Waals surface area (Å²) < 4.78 is 0. The van der Waals surface area contributed by atoms with Gasteiger partial charge in [-0.1, -0.05) is 35.3 Å². The molecule has 0 aromatic heterocycles. The summed E-state index contributed by atoms with van der Waals surface area (Å²) in [6.07, 6.45) is 0.596. The number of amides is 2. The minimum atomic E-state index is -0.485. The van der Waals surface area contributed by atoms with Gasteiger partial charge in [0, 0.05) is 24.2 Å². The van der Waals surface area contributed by atoms with Crippen LogP contribution in [0.2, 0.25) is 10.0 Å². The van der Waals surface area contributed by atoms with E-state index in [4.69, 9.17) is 28.9 Å². The second-order valence-corrected chi connectivity index (χ2v) is 8.73. The van der Waals surface area contributed by atoms with Gasteiger partial charge in [0.2, 0.25) is 5.91 Å². The van der Waals surface area contributed by atoms with Crippen LogP contribution in [0.4, 0.5) is 0 Å². The Morgan fingerprint density at radius 2 is 1.74 bits per heavy atom. The van der Waals surface area contributed by atoms with E-state index in [2.05, 4.69) is 10.6 Å². The Morgan fingerprint density at radius 1 is 0.935 bits per heavy atom. The fourth-order valence-electron chi connectivity index (χ4n) is 4.14. The molecule has 1 aliphatic carbocycles. The molecule has 0 spiro atoms. The number of primary amides is 1. The number of fused-ring (bicyclic) bond motifs is 3. The first-order valence-corrected chi connectivity index (χ1v) is 10.7. The van der Waals surface area contributed by atoms with E-state index >= 15 is 0 Å². The topological polar surface area (TPSA) is 84.2 Å². The molecule has 0 saturated carbocycles. The summed E-state index contributed by atoms with van der Waals surface area (Å²) in [4.78, 5) is 24.9. The normalized spacial score (nSPS) is 14.5. The van der Waals surface area contributed by atoms with Crippen molar-refractivity contribution in [3.05, 3.63) is 80.8 Å². The molecule has 1 fully saturated rings. The van der Waals surface area contributed by atoms with Crippen molar-refractivity contribution < 1.29 is 9.59 Å². The maximum atomic E-state index is 12.7. The van der Waals surface area contributed by atoms with Gasteiger partial charge in [0.05, 0.1) is 16.1 Å². The maximum Gasteiger partial charge on any atom is 0.251 e. The Morgan fingerprint density at radius 3 is 2.42 bits per heavy atom. The average molecular weight is 452 g/mol. The van der Waals surface area contributed by atoms with E-state index < -0.39 is 5.91 Å². The highest BCUT2D eigenvalue weighted by molar-refractivity contribution is 6.42. The van der Waals surface area contributed by atoms with Crippen molar-refractivity contribution in [3.8, 4) is 22.3 Å². The highest BCUT2D eigenvalue weighted by Gasteiger charge is 2.26. The van der Waals surface area contributed by atoms with E-state index in [0.29, 0.717) is 27.6 Å². The number of rotatable bonds is 4. The molecule has 2 amide bonds. The van der Waals surface area contributed by atoms with E-state index in [0.717, 1.165) is 46.5 Å². The molecule has 0 unspecified atom stereocenters. The number of hydrogen-bond donors (Lipinski definition) is 3. The Hall–Kier alpha value is -2.86. The van der Waals surface area contributed by atoms with Crippen LogP contribution < -0.4 is 16.4 Å². The zero-order valence-electron chi connectivity index (χ0n) is 16.5. The van der Waals surface area contributed by atoms with Crippen molar-refractivity contribution in [2.45, 2.75) is 12.5 Å². The van der Waals surface area contributed by atoms with Crippen molar-refractivity contribution >= 4 is 35.0 Å². The number of carbonyl (C=O) groups is 2. The maximum absolute atomic E-state index is 12.7. The van der Waals surface area contributed by atoms with Crippen molar-refractivity contribution in [2.75, 3.05) is 13.1 Å². The predicted octanol–water partition coefficient (Wildman–Crippen LogP) is 4.03. The molecule has 31 heavy (non-hydrogen) atoms. The minimum Gasteiger partial charge on any atom is -0.366 e. The number of halogens is 2. The van der Waals surface area contributed by atoms with Crippen molar-refractivity contribution in [2.24, 2.45) is 5.73 Å². The smallest absolute Gasteiger partial charge is 0.251 e. The molecular weight excluding hydrogens is 433 g/mol. The van der Waals surface area contributed by atoms with Gasteiger partial charge >= 0.3 is 0 Å². The Balaban J connectivity index is 1.60. The van der Waals surface area contributed by atoms with Gasteiger partial charge in [-0.3, -0.25) is 9.59 Å². The zero-order chi connectivity index (χ0) is 21.7. The molecule has 0 atom stereocenters. The highest BCUT2D eigenvalue weighted by atomic mass is 35.5. The van der Waals surface area contributed by atoms with Crippen molar-refractivity contribution in [1.29, 1.82) is 0 Å². The van der Waals surface area contributed by atoms with Crippen LogP contribution in [0.15, 0.2) is 48.5 Å². The van der Waals surface area contributed by atoms with Crippen LogP contribution >= 0.6 is 23.2 Å². The van der Waals surface area contributed by atoms with Gasteiger partial charge in [0.25, 0.3) is 5.91 Å². The van der Waals surface area contributed by atoms with E-state index in [-0.39, 0.29) is 11.9 Å². The summed E-state index contributed by atoms with van der Waals surface area (Å²) in [5.41, 5.74) is 12.2. The molecule has 4 N–H and O–H groups in total. The summed E-state index contributed by atoms with van der Waals surface area (Å²) in [7, 11) is 0. The van der Waals surface area contributed by atoms with Gasteiger partial charge < -0.3 is 16.4 Å². The second-order valence-electron chi connectivity index (χ2n) is 7.92. The summed E-state index contributed by atoms with van der Waals surface area (Å²) in [5, 5.41) is 7.06. The Labute approximate surface area is 189 Å². The quantitative estimate of drug-likeness (QED) is 0.437. The molecule has 3 aromatic rings. The van der Waals surface area contributed by atoms with Gasteiger partial charge in [-0.15, -0.1) is 0 Å². The average Bonchev–Trinajstić information content (AvgIpc) is 3.09. The Bertz CT molecular complexity index is 1250. The first-order chi connectivity index (χ1) is 14.9. The van der Waals surface area contributed by atoms with E-state index in [1.54, 1.807) is 18.2 Å². The third kappa shape index (κ3) is 3.59. The first-order valence-electron chi connectivity index (χ1n) is 9.98. The monoisotopic (exact) mass is 451 g/mol. The van der Waals surface area contributed by atoms with Gasteiger partial charge in [0.1, 0.15) is 0 Å². The molecule has 7 heteroatoms. The molecular formula is C24H19Cl2N3O2. The zero-order valence-corrected chi connectivity index (χ0v) is 18.0. The number of nitrogens with two attached hydrogens (primary N) is 1. The number of carbonyl (C=O) groups excluding carboxylic acids is 2. The van der Waals surface area contributed by atoms with Gasteiger partial charge in [0.15, 0.2) is 0 Å². The summed E-state index contributed by atoms with van der Waals surface area (Å²) in [6, 6.07) is 15.0. The lowest BCUT2D eigenvalue weighted by Crippen LogP contribution is -2.56. The van der Waals surface area contributed by atoms with Crippen LogP contribution in [0.1, 0.15) is 31.8 Å². The van der Waals surface area contributed by atoms with Crippen LogP contribution in [0.3, 0.4) is 0 Å². The van der Waals surface area contributed by atoms with Crippen molar-refractivity contribution in [1.82, 2.24) is 10.6 Å². The molecule has 0 radical (unpaired) electrons. The van der Waals surface area contributed by atoms with Gasteiger partial charge in [-0.25, -0.2) is 0 Å². The molecule has 156 valence electrons. The third-order valence-electron chi connectivity index (χ3n) is 5.91. The second kappa shape index (κ2) is 7.68. The lowest BCUT2D eigenvalue weighted by atomic mass is 9.93. The van der Waals surface area contributed by atoms with Gasteiger partial charge in [-0.05, 0) is 76.2 Å². The number of benzene rings is 3. The van der Waals surface area contributed by atoms with Crippen LogP contribution in [-0.4, -0.2) is 30.9 Å². The molecule has 5 rings (SSSR count). The summed E-state index contributed by atoms with van der Waals surface area (Å²) in [6.45, 7) is 1.57. The molecule has 2 aliphatic rings. The minimum absolute atomic E-state index is 0.0986.